The Morgan fingerprint density at radius 2 is 2.11 bits per heavy atom. The molecular weight excluding hydrogens is 242 g/mol. The Kier molecular flexibility index (Phi) is 2.63. The average molecular weight is 257 g/mol. The largest absolute Gasteiger partial charge is 0.381 e. The summed E-state index contributed by atoms with van der Waals surface area (Å²) < 4.78 is 1.80. The van der Waals surface area contributed by atoms with Gasteiger partial charge in [-0.2, -0.15) is 5.10 Å². The number of aromatic amines is 2. The maximum Gasteiger partial charge on any atom is 0.323 e. The van der Waals surface area contributed by atoms with E-state index >= 15 is 0 Å². The lowest BCUT2D eigenvalue weighted by atomic mass is 10.2. The molecule has 0 aliphatic rings. The van der Waals surface area contributed by atoms with Crippen LogP contribution in [0.2, 0.25) is 0 Å². The van der Waals surface area contributed by atoms with Crippen LogP contribution < -0.4 is 11.0 Å². The summed E-state index contributed by atoms with van der Waals surface area (Å²) in [6.45, 7) is 2.70. The van der Waals surface area contributed by atoms with Crippen LogP contribution in [0.25, 0.3) is 11.0 Å². The number of rotatable bonds is 3. The summed E-state index contributed by atoms with van der Waals surface area (Å²) in [6.07, 6.45) is 2.00. The van der Waals surface area contributed by atoms with Gasteiger partial charge in [0.25, 0.3) is 0 Å². The number of imidazole rings is 1. The number of nitrogens with zero attached hydrogens (tertiary/aromatic N) is 2. The van der Waals surface area contributed by atoms with Crippen molar-refractivity contribution in [2.24, 2.45) is 7.05 Å². The van der Waals surface area contributed by atoms with Gasteiger partial charge < -0.3 is 15.3 Å². The van der Waals surface area contributed by atoms with Gasteiger partial charge >= 0.3 is 5.69 Å². The van der Waals surface area contributed by atoms with E-state index < -0.39 is 0 Å². The third-order valence-corrected chi connectivity index (χ3v) is 3.11. The molecule has 0 aliphatic carbocycles. The summed E-state index contributed by atoms with van der Waals surface area (Å²) in [6, 6.07) is 5.74. The van der Waals surface area contributed by atoms with Crippen LogP contribution in [0.5, 0.6) is 0 Å². The van der Waals surface area contributed by atoms with E-state index in [0.717, 1.165) is 28.0 Å². The first-order valence-electron chi connectivity index (χ1n) is 6.07. The summed E-state index contributed by atoms with van der Waals surface area (Å²) in [5.74, 6) is 0. The number of hydrogen-bond acceptors (Lipinski definition) is 3. The number of benzene rings is 1. The number of hydrogen-bond donors (Lipinski definition) is 3. The summed E-state index contributed by atoms with van der Waals surface area (Å²) >= 11 is 0. The smallest absolute Gasteiger partial charge is 0.323 e. The topological polar surface area (TPSA) is 78.5 Å². The Labute approximate surface area is 109 Å². The second-order valence-electron chi connectivity index (χ2n) is 4.61. The van der Waals surface area contributed by atoms with E-state index in [0.29, 0.717) is 6.54 Å². The molecule has 0 spiro atoms. The fourth-order valence-corrected chi connectivity index (χ4v) is 2.16. The van der Waals surface area contributed by atoms with Gasteiger partial charge in [-0.05, 0) is 25.1 Å². The molecule has 0 fully saturated rings. The minimum absolute atomic E-state index is 0.185. The first kappa shape index (κ1) is 11.6. The Morgan fingerprint density at radius 3 is 2.84 bits per heavy atom. The van der Waals surface area contributed by atoms with Crippen molar-refractivity contribution in [2.75, 3.05) is 5.32 Å². The van der Waals surface area contributed by atoms with Crippen LogP contribution in [0.15, 0.2) is 29.2 Å². The molecule has 1 aromatic carbocycles. The first-order chi connectivity index (χ1) is 9.11. The molecule has 98 valence electrons. The third-order valence-electron chi connectivity index (χ3n) is 3.11. The fraction of sp³-hybridized carbons (Fsp3) is 0.231. The number of nitrogens with one attached hydrogen (secondary N) is 3. The zero-order valence-electron chi connectivity index (χ0n) is 10.8. The van der Waals surface area contributed by atoms with Crippen LogP contribution in [-0.2, 0) is 13.6 Å². The van der Waals surface area contributed by atoms with E-state index in [1.165, 1.54) is 0 Å². The van der Waals surface area contributed by atoms with E-state index in [2.05, 4.69) is 20.4 Å². The lowest BCUT2D eigenvalue weighted by Crippen LogP contribution is -2.00. The van der Waals surface area contributed by atoms with E-state index in [9.17, 15) is 4.79 Å². The Hall–Kier alpha value is -2.50. The van der Waals surface area contributed by atoms with Crippen LogP contribution in [0.1, 0.15) is 11.3 Å². The molecular formula is C13H15N5O. The third kappa shape index (κ3) is 2.24. The number of fused-ring (bicyclic) bond motifs is 1. The molecule has 0 unspecified atom stereocenters. The summed E-state index contributed by atoms with van der Waals surface area (Å²) in [4.78, 5) is 16.6. The minimum atomic E-state index is -0.185. The van der Waals surface area contributed by atoms with Crippen molar-refractivity contribution in [1.29, 1.82) is 0 Å². The summed E-state index contributed by atoms with van der Waals surface area (Å²) in [7, 11) is 1.91. The average Bonchev–Trinajstić information content (AvgIpc) is 2.87. The van der Waals surface area contributed by atoms with Crippen molar-refractivity contribution in [1.82, 2.24) is 19.7 Å². The Balaban J connectivity index is 1.81. The van der Waals surface area contributed by atoms with Gasteiger partial charge in [0.1, 0.15) is 0 Å². The minimum Gasteiger partial charge on any atom is -0.381 e. The molecule has 6 nitrogen and oxygen atoms in total. The van der Waals surface area contributed by atoms with E-state index in [-0.39, 0.29) is 5.69 Å². The van der Waals surface area contributed by atoms with Crippen LogP contribution in [-0.4, -0.2) is 19.7 Å². The quantitative estimate of drug-likeness (QED) is 0.665. The lowest BCUT2D eigenvalue weighted by molar-refractivity contribution is 0.756. The highest BCUT2D eigenvalue weighted by atomic mass is 16.1. The molecule has 0 radical (unpaired) electrons. The van der Waals surface area contributed by atoms with Crippen LogP contribution >= 0.6 is 0 Å². The highest BCUT2D eigenvalue weighted by molar-refractivity contribution is 5.78. The van der Waals surface area contributed by atoms with E-state index in [1.54, 1.807) is 4.68 Å². The van der Waals surface area contributed by atoms with E-state index in [1.807, 2.05) is 38.4 Å². The second-order valence-corrected chi connectivity index (χ2v) is 4.61. The summed E-state index contributed by atoms with van der Waals surface area (Å²) in [5, 5.41) is 7.63. The maximum atomic E-state index is 11.2. The van der Waals surface area contributed by atoms with Crippen molar-refractivity contribution in [3.63, 3.8) is 0 Å². The van der Waals surface area contributed by atoms with Crippen LogP contribution in [0.4, 0.5) is 5.69 Å². The molecule has 2 aromatic heterocycles. The van der Waals surface area contributed by atoms with E-state index in [4.69, 9.17) is 0 Å². The number of H-pyrrole nitrogens is 2. The fourth-order valence-electron chi connectivity index (χ4n) is 2.16. The molecule has 2 heterocycles. The van der Waals surface area contributed by atoms with Gasteiger partial charge in [0.05, 0.1) is 16.7 Å². The lowest BCUT2D eigenvalue weighted by Gasteiger charge is -2.05. The molecule has 0 bridgehead atoms. The molecule has 3 rings (SSSR count). The highest BCUT2D eigenvalue weighted by Crippen LogP contribution is 2.16. The molecule has 6 heteroatoms. The molecule has 3 aromatic rings. The SMILES string of the molecule is Cc1nn(C)cc1CNc1ccc2[nH]c(=O)[nH]c2c1. The van der Waals surface area contributed by atoms with Crippen molar-refractivity contribution in [3.05, 3.63) is 46.1 Å². The van der Waals surface area contributed by atoms with Gasteiger partial charge in [-0.25, -0.2) is 4.79 Å². The monoisotopic (exact) mass is 257 g/mol. The Morgan fingerprint density at radius 1 is 1.32 bits per heavy atom. The molecule has 0 atom stereocenters. The zero-order chi connectivity index (χ0) is 13.4. The predicted octanol–water partition coefficient (Wildman–Crippen LogP) is 1.51. The van der Waals surface area contributed by atoms with Crippen LogP contribution in [0.3, 0.4) is 0 Å². The van der Waals surface area contributed by atoms with Crippen molar-refractivity contribution < 1.29 is 0 Å². The molecule has 3 N–H and O–H groups in total. The second kappa shape index (κ2) is 4.31. The predicted molar refractivity (Wildman–Crippen MR) is 74.2 cm³/mol. The number of aromatic nitrogens is 4. The van der Waals surface area contributed by atoms with Gasteiger partial charge in [0, 0.05) is 31.0 Å². The van der Waals surface area contributed by atoms with Gasteiger partial charge in [-0.3, -0.25) is 4.68 Å². The maximum absolute atomic E-state index is 11.2. The molecule has 0 saturated heterocycles. The van der Waals surface area contributed by atoms with Crippen molar-refractivity contribution in [3.8, 4) is 0 Å². The van der Waals surface area contributed by atoms with Gasteiger partial charge in [-0.1, -0.05) is 0 Å². The van der Waals surface area contributed by atoms with Crippen molar-refractivity contribution in [2.45, 2.75) is 13.5 Å². The van der Waals surface area contributed by atoms with Gasteiger partial charge in [-0.15, -0.1) is 0 Å². The normalized spacial score (nSPS) is 11.1. The van der Waals surface area contributed by atoms with Gasteiger partial charge in [0.15, 0.2) is 0 Å². The van der Waals surface area contributed by atoms with Crippen LogP contribution in [0, 0.1) is 6.92 Å². The molecule has 0 amide bonds. The molecule has 0 aliphatic heterocycles. The highest BCUT2D eigenvalue weighted by Gasteiger charge is 2.04. The molecule has 19 heavy (non-hydrogen) atoms. The molecule has 0 saturated carbocycles. The standard InChI is InChI=1S/C13H15N5O/c1-8-9(7-18(2)17-8)6-14-10-3-4-11-12(5-10)16-13(19)15-11/h3-5,7,14H,6H2,1-2H3,(H2,15,16,19). The Bertz CT molecular complexity index is 780. The van der Waals surface area contributed by atoms with Crippen molar-refractivity contribution >= 4 is 16.7 Å². The summed E-state index contributed by atoms with van der Waals surface area (Å²) in [5.41, 5.74) is 4.57. The number of anilines is 1. The number of aryl methyl sites for hydroxylation is 2. The first-order valence-corrected chi connectivity index (χ1v) is 6.07. The zero-order valence-corrected chi connectivity index (χ0v) is 10.8. The van der Waals surface area contributed by atoms with Gasteiger partial charge in [0.2, 0.25) is 0 Å².